The lowest BCUT2D eigenvalue weighted by atomic mass is 9.76. The van der Waals surface area contributed by atoms with Gasteiger partial charge in [0.25, 0.3) is 0 Å². The number of rotatable bonds is 1. The normalized spacial score (nSPS) is 26.4. The summed E-state index contributed by atoms with van der Waals surface area (Å²) in [6, 6.07) is 15.6. The quantitative estimate of drug-likeness (QED) is 0.725. The van der Waals surface area contributed by atoms with E-state index in [0.29, 0.717) is 6.42 Å². The van der Waals surface area contributed by atoms with Crippen LogP contribution in [0, 0.1) is 0 Å². The van der Waals surface area contributed by atoms with Gasteiger partial charge in [-0.1, -0.05) is 49.4 Å². The monoisotopic (exact) mass is 277 g/mol. The summed E-state index contributed by atoms with van der Waals surface area (Å²) in [5.41, 5.74) is 6.69. The largest absolute Gasteiger partial charge is 0.353 e. The smallest absolute Gasteiger partial charge is 0.221 e. The molecule has 0 aromatic heterocycles. The molecule has 0 bridgehead atoms. The van der Waals surface area contributed by atoms with Gasteiger partial charge in [-0.15, -0.1) is 0 Å². The summed E-state index contributed by atoms with van der Waals surface area (Å²) in [6.45, 7) is 4.30. The Kier molecular flexibility index (Phi) is 2.53. The highest BCUT2D eigenvalue weighted by Gasteiger charge is 2.42. The van der Waals surface area contributed by atoms with Gasteiger partial charge >= 0.3 is 0 Å². The van der Waals surface area contributed by atoms with E-state index < -0.39 is 0 Å². The van der Waals surface area contributed by atoms with E-state index >= 15 is 0 Å². The Balaban J connectivity index is 1.79. The van der Waals surface area contributed by atoms with Crippen molar-refractivity contribution in [3.05, 3.63) is 59.2 Å². The van der Waals surface area contributed by atoms with Gasteiger partial charge < -0.3 is 5.32 Å². The third-order valence-electron chi connectivity index (χ3n) is 5.31. The van der Waals surface area contributed by atoms with Crippen LogP contribution in [0.1, 0.15) is 37.0 Å². The molecule has 2 heteroatoms. The molecule has 1 heterocycles. The maximum Gasteiger partial charge on any atom is 0.221 e. The lowest BCUT2D eigenvalue weighted by Crippen LogP contribution is -2.35. The molecule has 1 aliphatic heterocycles. The van der Waals surface area contributed by atoms with Crippen LogP contribution >= 0.6 is 0 Å². The van der Waals surface area contributed by atoms with Gasteiger partial charge in [-0.3, -0.25) is 4.79 Å². The van der Waals surface area contributed by atoms with Gasteiger partial charge in [-0.05, 0) is 41.2 Å². The van der Waals surface area contributed by atoms with E-state index in [1.807, 2.05) is 0 Å². The Morgan fingerprint density at radius 3 is 2.62 bits per heavy atom. The van der Waals surface area contributed by atoms with Gasteiger partial charge in [-0.2, -0.15) is 0 Å². The van der Waals surface area contributed by atoms with Crippen molar-refractivity contribution in [1.29, 1.82) is 0 Å². The van der Waals surface area contributed by atoms with Crippen molar-refractivity contribution in [3.8, 4) is 11.1 Å². The van der Waals surface area contributed by atoms with E-state index in [1.54, 1.807) is 0 Å². The van der Waals surface area contributed by atoms with Crippen LogP contribution in [0.2, 0.25) is 0 Å². The zero-order valence-electron chi connectivity index (χ0n) is 12.4. The van der Waals surface area contributed by atoms with Gasteiger partial charge in [0, 0.05) is 17.9 Å². The zero-order valence-corrected chi connectivity index (χ0v) is 12.4. The fourth-order valence-corrected chi connectivity index (χ4v) is 3.79. The molecular weight excluding hydrogens is 258 g/mol. The number of hydrogen-bond acceptors (Lipinski definition) is 1. The van der Waals surface area contributed by atoms with Gasteiger partial charge in [0.1, 0.15) is 0 Å². The first-order chi connectivity index (χ1) is 10.1. The van der Waals surface area contributed by atoms with Crippen molar-refractivity contribution in [3.63, 3.8) is 0 Å². The number of carbonyl (C=O) groups is 1. The molecule has 1 fully saturated rings. The average molecular weight is 277 g/mol. The summed E-state index contributed by atoms with van der Waals surface area (Å²) in [5, 5.41) is 3.05. The predicted molar refractivity (Wildman–Crippen MR) is 84.3 cm³/mol. The number of hydrogen-bond donors (Lipinski definition) is 1. The highest BCUT2D eigenvalue weighted by atomic mass is 16.2. The molecule has 2 nitrogen and oxygen atoms in total. The standard InChI is InChI=1S/C19H19NO/c1-12-19(2,11-18(21)20-12)15-7-8-17-14(10-15)9-13-5-3-4-6-16(13)17/h3-8,10,12H,9,11H2,1-2H3,(H,20,21). The molecule has 2 aliphatic rings. The van der Waals surface area contributed by atoms with E-state index in [0.717, 1.165) is 6.42 Å². The van der Waals surface area contributed by atoms with Crippen LogP contribution in [0.4, 0.5) is 0 Å². The van der Waals surface area contributed by atoms with Crippen LogP contribution in [-0.4, -0.2) is 11.9 Å². The van der Waals surface area contributed by atoms with E-state index in [2.05, 4.69) is 61.6 Å². The molecule has 0 radical (unpaired) electrons. The minimum absolute atomic E-state index is 0.0963. The Labute approximate surface area is 125 Å². The van der Waals surface area contributed by atoms with E-state index in [1.165, 1.54) is 27.8 Å². The summed E-state index contributed by atoms with van der Waals surface area (Å²) in [7, 11) is 0. The Bertz CT molecular complexity index is 749. The van der Waals surface area contributed by atoms with E-state index in [4.69, 9.17) is 0 Å². The predicted octanol–water partition coefficient (Wildman–Crippen LogP) is 3.42. The molecule has 1 amide bonds. The van der Waals surface area contributed by atoms with Crippen LogP contribution in [0.5, 0.6) is 0 Å². The van der Waals surface area contributed by atoms with Crippen molar-refractivity contribution < 1.29 is 4.79 Å². The maximum absolute atomic E-state index is 11.7. The molecule has 2 aromatic rings. The molecule has 106 valence electrons. The summed E-state index contributed by atoms with van der Waals surface area (Å²) in [5.74, 6) is 0.161. The minimum Gasteiger partial charge on any atom is -0.353 e. The Morgan fingerprint density at radius 1 is 1.10 bits per heavy atom. The summed E-state index contributed by atoms with van der Waals surface area (Å²) >= 11 is 0. The molecule has 1 saturated heterocycles. The van der Waals surface area contributed by atoms with Gasteiger partial charge in [-0.25, -0.2) is 0 Å². The van der Waals surface area contributed by atoms with Crippen molar-refractivity contribution in [2.45, 2.75) is 38.1 Å². The van der Waals surface area contributed by atoms with E-state index in [-0.39, 0.29) is 17.4 Å². The lowest BCUT2D eigenvalue weighted by Gasteiger charge is -2.28. The molecule has 1 aliphatic carbocycles. The number of amides is 1. The average Bonchev–Trinajstić information content (AvgIpc) is 2.96. The number of carbonyl (C=O) groups excluding carboxylic acids is 1. The summed E-state index contributed by atoms with van der Waals surface area (Å²) < 4.78 is 0. The first-order valence-electron chi connectivity index (χ1n) is 7.59. The molecule has 4 rings (SSSR count). The minimum atomic E-state index is -0.0963. The van der Waals surface area contributed by atoms with Crippen molar-refractivity contribution in [2.24, 2.45) is 0 Å². The van der Waals surface area contributed by atoms with Gasteiger partial charge in [0.2, 0.25) is 5.91 Å². The fraction of sp³-hybridized carbons (Fsp3) is 0.316. The molecule has 1 N–H and O–H groups in total. The molecular formula is C19H19NO. The van der Waals surface area contributed by atoms with Crippen molar-refractivity contribution in [1.82, 2.24) is 5.32 Å². The summed E-state index contributed by atoms with van der Waals surface area (Å²) in [4.78, 5) is 11.7. The topological polar surface area (TPSA) is 29.1 Å². The van der Waals surface area contributed by atoms with Crippen LogP contribution in [0.15, 0.2) is 42.5 Å². The highest BCUT2D eigenvalue weighted by molar-refractivity contribution is 5.82. The van der Waals surface area contributed by atoms with E-state index in [9.17, 15) is 4.79 Å². The second-order valence-electron chi connectivity index (χ2n) is 6.59. The molecule has 2 atom stereocenters. The second kappa shape index (κ2) is 4.20. The van der Waals surface area contributed by atoms with Gasteiger partial charge in [0.15, 0.2) is 0 Å². The molecule has 0 saturated carbocycles. The van der Waals surface area contributed by atoms with Crippen molar-refractivity contribution in [2.75, 3.05) is 0 Å². The zero-order chi connectivity index (χ0) is 14.6. The van der Waals surface area contributed by atoms with Gasteiger partial charge in [0.05, 0.1) is 0 Å². The maximum atomic E-state index is 11.7. The van der Waals surface area contributed by atoms with Crippen LogP contribution < -0.4 is 5.32 Å². The molecule has 2 aromatic carbocycles. The number of fused-ring (bicyclic) bond motifs is 3. The third-order valence-corrected chi connectivity index (χ3v) is 5.31. The molecule has 21 heavy (non-hydrogen) atoms. The number of benzene rings is 2. The SMILES string of the molecule is CC1NC(=O)CC1(C)c1ccc2c(c1)Cc1ccccc1-2. The van der Waals surface area contributed by atoms with Crippen LogP contribution in [0.3, 0.4) is 0 Å². The van der Waals surface area contributed by atoms with Crippen LogP contribution in [0.25, 0.3) is 11.1 Å². The highest BCUT2D eigenvalue weighted by Crippen LogP contribution is 2.41. The lowest BCUT2D eigenvalue weighted by molar-refractivity contribution is -0.119. The second-order valence-corrected chi connectivity index (χ2v) is 6.59. The first kappa shape index (κ1) is 12.6. The molecule has 2 unspecified atom stereocenters. The Morgan fingerprint density at radius 2 is 1.86 bits per heavy atom. The fourth-order valence-electron chi connectivity index (χ4n) is 3.79. The third kappa shape index (κ3) is 1.75. The summed E-state index contributed by atoms with van der Waals surface area (Å²) in [6.07, 6.45) is 1.59. The number of nitrogens with one attached hydrogen (secondary N) is 1. The Hall–Kier alpha value is -2.09. The van der Waals surface area contributed by atoms with Crippen molar-refractivity contribution >= 4 is 5.91 Å². The molecule has 0 spiro atoms. The van der Waals surface area contributed by atoms with Crippen LogP contribution in [-0.2, 0) is 16.6 Å². The first-order valence-corrected chi connectivity index (χ1v) is 7.59.